The molecule has 15 heavy (non-hydrogen) atoms. The topological polar surface area (TPSA) is 26.0 Å². The van der Waals surface area contributed by atoms with Gasteiger partial charge in [0.15, 0.2) is 0 Å². The summed E-state index contributed by atoms with van der Waals surface area (Å²) in [4.78, 5) is 0. The van der Waals surface area contributed by atoms with Gasteiger partial charge in [-0.2, -0.15) is 0 Å². The van der Waals surface area contributed by atoms with Crippen LogP contribution in [-0.2, 0) is 6.42 Å². The maximum atomic E-state index is 13.6. The molecule has 1 aromatic rings. The number of nitrogens with two attached hydrogens (primary N) is 1. The number of hydrogen-bond acceptors (Lipinski definition) is 1. The minimum Gasteiger partial charge on any atom is -0.330 e. The minimum absolute atomic E-state index is 0.0843. The van der Waals surface area contributed by atoms with E-state index < -0.39 is 0 Å². The highest BCUT2D eigenvalue weighted by Gasteiger charge is 2.09. The Kier molecular flexibility index (Phi) is 4.28. The van der Waals surface area contributed by atoms with Crippen LogP contribution in [-0.4, -0.2) is 6.54 Å². The number of rotatable bonds is 4. The van der Waals surface area contributed by atoms with E-state index in [9.17, 15) is 4.39 Å². The van der Waals surface area contributed by atoms with Gasteiger partial charge in [-0.15, -0.1) is 0 Å². The largest absolute Gasteiger partial charge is 0.330 e. The van der Waals surface area contributed by atoms with Crippen LogP contribution in [0.2, 0.25) is 0 Å². The highest BCUT2D eigenvalue weighted by atomic mass is 19.1. The molecule has 0 aliphatic rings. The molecule has 2 N–H and O–H groups in total. The van der Waals surface area contributed by atoms with E-state index in [1.807, 2.05) is 26.8 Å². The molecule has 1 rings (SSSR count). The summed E-state index contributed by atoms with van der Waals surface area (Å²) in [6, 6.07) is 3.63. The van der Waals surface area contributed by atoms with Crippen LogP contribution in [0, 0.1) is 12.7 Å². The molecule has 1 aromatic carbocycles. The average molecular weight is 209 g/mol. The number of halogens is 1. The molecule has 0 aromatic heterocycles. The van der Waals surface area contributed by atoms with Gasteiger partial charge in [-0.3, -0.25) is 0 Å². The van der Waals surface area contributed by atoms with Crippen molar-refractivity contribution in [2.45, 2.75) is 39.5 Å². The van der Waals surface area contributed by atoms with Gasteiger partial charge >= 0.3 is 0 Å². The molecule has 0 radical (unpaired) electrons. The summed E-state index contributed by atoms with van der Waals surface area (Å²) in [5, 5.41) is 0. The van der Waals surface area contributed by atoms with E-state index in [-0.39, 0.29) is 11.7 Å². The lowest BCUT2D eigenvalue weighted by Crippen LogP contribution is -2.03. The highest BCUT2D eigenvalue weighted by molar-refractivity contribution is 5.34. The standard InChI is InChI=1S/C13H20FN/c1-9(2)12-8-11(5-4-6-15)10(3)7-13(12)14/h7-9H,4-6,15H2,1-3H3. The Labute approximate surface area is 91.5 Å². The van der Waals surface area contributed by atoms with Crippen molar-refractivity contribution in [1.29, 1.82) is 0 Å². The predicted octanol–water partition coefficient (Wildman–Crippen LogP) is 3.15. The SMILES string of the molecule is Cc1cc(F)c(C(C)C)cc1CCCN. The Morgan fingerprint density at radius 3 is 2.53 bits per heavy atom. The Hall–Kier alpha value is -0.890. The number of benzene rings is 1. The van der Waals surface area contributed by atoms with E-state index in [1.165, 1.54) is 5.56 Å². The van der Waals surface area contributed by atoms with Crippen LogP contribution >= 0.6 is 0 Å². The van der Waals surface area contributed by atoms with Crippen molar-refractivity contribution >= 4 is 0 Å². The quantitative estimate of drug-likeness (QED) is 0.810. The summed E-state index contributed by atoms with van der Waals surface area (Å²) < 4.78 is 13.6. The maximum absolute atomic E-state index is 13.6. The zero-order chi connectivity index (χ0) is 11.4. The maximum Gasteiger partial charge on any atom is 0.126 e. The second kappa shape index (κ2) is 5.26. The normalized spacial score (nSPS) is 11.1. The fourth-order valence-corrected chi connectivity index (χ4v) is 1.74. The molecule has 0 atom stereocenters. The van der Waals surface area contributed by atoms with Crippen LogP contribution < -0.4 is 5.73 Å². The molecule has 1 nitrogen and oxygen atoms in total. The summed E-state index contributed by atoms with van der Waals surface area (Å²) >= 11 is 0. The van der Waals surface area contributed by atoms with E-state index in [0.29, 0.717) is 6.54 Å². The van der Waals surface area contributed by atoms with E-state index in [4.69, 9.17) is 5.73 Å². The van der Waals surface area contributed by atoms with E-state index in [2.05, 4.69) is 0 Å². The van der Waals surface area contributed by atoms with E-state index in [0.717, 1.165) is 24.0 Å². The molecule has 2 heteroatoms. The van der Waals surface area contributed by atoms with Crippen molar-refractivity contribution in [2.24, 2.45) is 5.73 Å². The third-order valence-electron chi connectivity index (χ3n) is 2.73. The van der Waals surface area contributed by atoms with Crippen LogP contribution in [0.25, 0.3) is 0 Å². The molecule has 0 unspecified atom stereocenters. The van der Waals surface area contributed by atoms with Gasteiger partial charge in [0.05, 0.1) is 0 Å². The first-order chi connectivity index (χ1) is 7.06. The first kappa shape index (κ1) is 12.2. The number of hydrogen-bond donors (Lipinski definition) is 1. The van der Waals surface area contributed by atoms with Crippen LogP contribution in [0.5, 0.6) is 0 Å². The molecule has 0 bridgehead atoms. The lowest BCUT2D eigenvalue weighted by molar-refractivity contribution is 0.595. The Bertz CT molecular complexity index is 332. The van der Waals surface area contributed by atoms with Gasteiger partial charge in [-0.1, -0.05) is 19.9 Å². The first-order valence-electron chi connectivity index (χ1n) is 5.55. The van der Waals surface area contributed by atoms with Gasteiger partial charge in [0.25, 0.3) is 0 Å². The van der Waals surface area contributed by atoms with Crippen LogP contribution in [0.4, 0.5) is 4.39 Å². The van der Waals surface area contributed by atoms with Crippen molar-refractivity contribution in [3.8, 4) is 0 Å². The third-order valence-corrected chi connectivity index (χ3v) is 2.73. The molecule has 0 spiro atoms. The lowest BCUT2D eigenvalue weighted by Gasteiger charge is -2.12. The highest BCUT2D eigenvalue weighted by Crippen LogP contribution is 2.23. The summed E-state index contributed by atoms with van der Waals surface area (Å²) in [5.74, 6) is 0.154. The van der Waals surface area contributed by atoms with Crippen molar-refractivity contribution in [3.63, 3.8) is 0 Å². The first-order valence-corrected chi connectivity index (χ1v) is 5.55. The predicted molar refractivity (Wildman–Crippen MR) is 62.6 cm³/mol. The molecular weight excluding hydrogens is 189 g/mol. The fourth-order valence-electron chi connectivity index (χ4n) is 1.74. The second-order valence-corrected chi connectivity index (χ2v) is 4.35. The second-order valence-electron chi connectivity index (χ2n) is 4.35. The van der Waals surface area contributed by atoms with Crippen molar-refractivity contribution in [2.75, 3.05) is 6.54 Å². The number of aryl methyl sites for hydroxylation is 2. The summed E-state index contributed by atoms with van der Waals surface area (Å²) in [6.07, 6.45) is 1.91. The zero-order valence-corrected chi connectivity index (χ0v) is 9.81. The monoisotopic (exact) mass is 209 g/mol. The van der Waals surface area contributed by atoms with Gasteiger partial charge in [-0.05, 0) is 55.0 Å². The molecule has 0 heterocycles. The van der Waals surface area contributed by atoms with Gasteiger partial charge in [-0.25, -0.2) is 4.39 Å². The van der Waals surface area contributed by atoms with Gasteiger partial charge in [0, 0.05) is 0 Å². The third kappa shape index (κ3) is 3.03. The van der Waals surface area contributed by atoms with Crippen molar-refractivity contribution in [1.82, 2.24) is 0 Å². The van der Waals surface area contributed by atoms with Gasteiger partial charge in [0.1, 0.15) is 5.82 Å². The van der Waals surface area contributed by atoms with E-state index in [1.54, 1.807) is 6.07 Å². The summed E-state index contributed by atoms with van der Waals surface area (Å²) in [6.45, 7) is 6.67. The lowest BCUT2D eigenvalue weighted by atomic mass is 9.95. The Balaban J connectivity index is 3.00. The smallest absolute Gasteiger partial charge is 0.126 e. The summed E-state index contributed by atoms with van der Waals surface area (Å²) in [7, 11) is 0. The van der Waals surface area contributed by atoms with Gasteiger partial charge < -0.3 is 5.73 Å². The molecule has 0 amide bonds. The van der Waals surface area contributed by atoms with Crippen molar-refractivity contribution < 1.29 is 4.39 Å². The van der Waals surface area contributed by atoms with Crippen LogP contribution in [0.1, 0.15) is 42.9 Å². The molecule has 0 aliphatic heterocycles. The van der Waals surface area contributed by atoms with E-state index >= 15 is 0 Å². The van der Waals surface area contributed by atoms with Crippen molar-refractivity contribution in [3.05, 3.63) is 34.6 Å². The molecular formula is C13H20FN. The van der Waals surface area contributed by atoms with Crippen LogP contribution in [0.15, 0.2) is 12.1 Å². The minimum atomic E-state index is -0.0843. The summed E-state index contributed by atoms with van der Waals surface area (Å²) in [5.41, 5.74) is 8.55. The average Bonchev–Trinajstić information content (AvgIpc) is 2.16. The molecule has 0 saturated heterocycles. The van der Waals surface area contributed by atoms with Gasteiger partial charge in [0.2, 0.25) is 0 Å². The molecule has 0 aliphatic carbocycles. The Morgan fingerprint density at radius 2 is 2.00 bits per heavy atom. The Morgan fingerprint density at radius 1 is 1.33 bits per heavy atom. The molecule has 0 fully saturated rings. The fraction of sp³-hybridized carbons (Fsp3) is 0.538. The molecule has 0 saturated carbocycles. The molecule has 84 valence electrons. The zero-order valence-electron chi connectivity index (χ0n) is 9.81. The van der Waals surface area contributed by atoms with Crippen LogP contribution in [0.3, 0.4) is 0 Å².